The zero-order valence-electron chi connectivity index (χ0n) is 15.9. The van der Waals surface area contributed by atoms with Crippen LogP contribution in [0.15, 0.2) is 29.3 Å². The number of carbonyl (C=O) groups is 4. The van der Waals surface area contributed by atoms with Gasteiger partial charge >= 0.3 is 18.1 Å². The van der Waals surface area contributed by atoms with Gasteiger partial charge in [0.25, 0.3) is 5.91 Å². The predicted octanol–water partition coefficient (Wildman–Crippen LogP) is 0.248. The molecule has 1 unspecified atom stereocenters. The summed E-state index contributed by atoms with van der Waals surface area (Å²) < 4.78 is 31.7. The van der Waals surface area contributed by atoms with E-state index in [2.05, 4.69) is 15.7 Å². The number of hydrogen-bond donors (Lipinski definition) is 5. The normalized spacial score (nSPS) is 15.9. The molecule has 11 nitrogen and oxygen atoms in total. The van der Waals surface area contributed by atoms with Crippen LogP contribution in [-0.4, -0.2) is 70.5 Å². The maximum Gasteiger partial charge on any atom is 0.490 e. The number of hydrogen-bond acceptors (Lipinski definition) is 6. The minimum Gasteiger partial charge on any atom is -0.481 e. The number of nitrogens with zero attached hydrogens (tertiary/aromatic N) is 2. The van der Waals surface area contributed by atoms with E-state index < -0.39 is 24.2 Å². The first-order valence-electron chi connectivity index (χ1n) is 8.66. The summed E-state index contributed by atoms with van der Waals surface area (Å²) in [4.78, 5) is 49.4. The van der Waals surface area contributed by atoms with Gasteiger partial charge < -0.3 is 25.9 Å². The van der Waals surface area contributed by atoms with E-state index in [0.717, 1.165) is 0 Å². The Morgan fingerprint density at radius 3 is 2.48 bits per heavy atom. The van der Waals surface area contributed by atoms with Crippen molar-refractivity contribution in [3.63, 3.8) is 0 Å². The number of aliphatic carboxylic acids is 2. The maximum absolute atomic E-state index is 12.3. The number of rotatable bonds is 7. The van der Waals surface area contributed by atoms with Gasteiger partial charge in [0.1, 0.15) is 12.4 Å². The number of alkyl halides is 3. The Bertz CT molecular complexity index is 846. The first-order chi connectivity index (χ1) is 14.5. The number of nitrogens with one attached hydrogen (secondary N) is 2. The van der Waals surface area contributed by atoms with Crippen molar-refractivity contribution in [2.75, 3.05) is 13.1 Å². The Labute approximate surface area is 173 Å². The van der Waals surface area contributed by atoms with Crippen LogP contribution in [0.4, 0.5) is 18.9 Å². The lowest BCUT2D eigenvalue weighted by molar-refractivity contribution is -0.192. The summed E-state index contributed by atoms with van der Waals surface area (Å²) in [6.07, 6.45) is -3.45. The molecule has 0 spiro atoms. The number of carboxylic acids is 2. The Hall–Kier alpha value is -3.68. The number of carboxylic acid groups (broad SMARTS) is 2. The molecule has 1 fully saturated rings. The largest absolute Gasteiger partial charge is 0.490 e. The molecular weight excluding hydrogens is 427 g/mol. The van der Waals surface area contributed by atoms with Gasteiger partial charge in [-0.25, -0.2) is 15.6 Å². The molecule has 14 heteroatoms. The average molecular weight is 447 g/mol. The summed E-state index contributed by atoms with van der Waals surface area (Å²) >= 11 is 0. The van der Waals surface area contributed by atoms with Gasteiger partial charge in [0.05, 0.1) is 12.1 Å². The SMILES string of the molecule is NNC=Nc1cccc(C(=O)NC2CCN(CCC(=O)O)C2=O)c1.O=C(O)C(F)(F)F. The van der Waals surface area contributed by atoms with Crippen molar-refractivity contribution in [2.45, 2.75) is 25.1 Å². The van der Waals surface area contributed by atoms with E-state index in [1.54, 1.807) is 24.3 Å². The topological polar surface area (TPSA) is 174 Å². The number of likely N-dealkylation sites (tertiary alicyclic amines) is 1. The Morgan fingerprint density at radius 1 is 1.29 bits per heavy atom. The summed E-state index contributed by atoms with van der Waals surface area (Å²) in [7, 11) is 0. The zero-order chi connectivity index (χ0) is 23.6. The van der Waals surface area contributed by atoms with Crippen LogP contribution in [0.5, 0.6) is 0 Å². The van der Waals surface area contributed by atoms with Crippen molar-refractivity contribution in [3.8, 4) is 0 Å². The van der Waals surface area contributed by atoms with Crippen LogP contribution in [-0.2, 0) is 14.4 Å². The number of aliphatic imine (C=N–C) groups is 1. The lowest BCUT2D eigenvalue weighted by Gasteiger charge is -2.16. The highest BCUT2D eigenvalue weighted by Crippen LogP contribution is 2.16. The molecule has 1 heterocycles. The van der Waals surface area contributed by atoms with Gasteiger partial charge in [-0.1, -0.05) is 6.07 Å². The summed E-state index contributed by atoms with van der Waals surface area (Å²) in [6, 6.07) is 5.94. The summed E-state index contributed by atoms with van der Waals surface area (Å²) in [5.74, 6) is 0.740. The predicted molar refractivity (Wildman–Crippen MR) is 100 cm³/mol. The molecule has 6 N–H and O–H groups in total. The second-order valence-corrected chi connectivity index (χ2v) is 6.06. The molecule has 1 aromatic rings. The number of amides is 2. The molecule has 170 valence electrons. The van der Waals surface area contributed by atoms with Crippen LogP contribution >= 0.6 is 0 Å². The molecule has 0 aromatic heterocycles. The van der Waals surface area contributed by atoms with Crippen LogP contribution in [0.3, 0.4) is 0 Å². The minimum atomic E-state index is -5.08. The van der Waals surface area contributed by atoms with Crippen LogP contribution in [0, 0.1) is 0 Å². The first-order valence-corrected chi connectivity index (χ1v) is 8.66. The lowest BCUT2D eigenvalue weighted by Crippen LogP contribution is -2.41. The van der Waals surface area contributed by atoms with Gasteiger partial charge in [-0.2, -0.15) is 13.2 Å². The van der Waals surface area contributed by atoms with Gasteiger partial charge in [0.2, 0.25) is 5.91 Å². The third-order valence-corrected chi connectivity index (χ3v) is 3.84. The third kappa shape index (κ3) is 8.69. The third-order valence-electron chi connectivity index (χ3n) is 3.84. The first kappa shape index (κ1) is 25.4. The standard InChI is InChI=1S/C15H19N5O4.C2HF3O2/c16-18-9-17-11-3-1-2-10(8-11)14(23)19-12-4-6-20(15(12)24)7-5-13(21)22;3-2(4,5)1(6)7/h1-3,8-9,12H,4-7,16H2,(H,17,18)(H,19,23)(H,21,22);(H,6,7). The molecule has 1 atom stereocenters. The molecule has 31 heavy (non-hydrogen) atoms. The van der Waals surface area contributed by atoms with Crippen LogP contribution < -0.4 is 16.6 Å². The van der Waals surface area contributed by atoms with Crippen molar-refractivity contribution in [1.82, 2.24) is 15.6 Å². The summed E-state index contributed by atoms with van der Waals surface area (Å²) in [5.41, 5.74) is 3.19. The van der Waals surface area contributed by atoms with E-state index in [4.69, 9.17) is 20.9 Å². The van der Waals surface area contributed by atoms with Crippen molar-refractivity contribution in [3.05, 3.63) is 29.8 Å². The number of halogens is 3. The van der Waals surface area contributed by atoms with E-state index in [0.29, 0.717) is 24.2 Å². The zero-order valence-corrected chi connectivity index (χ0v) is 15.9. The number of nitrogens with two attached hydrogens (primary N) is 1. The maximum atomic E-state index is 12.3. The molecule has 0 saturated carbocycles. The molecule has 1 saturated heterocycles. The number of hydrazine groups is 1. The fourth-order valence-electron chi connectivity index (χ4n) is 2.41. The van der Waals surface area contributed by atoms with Crippen molar-refractivity contribution >= 4 is 35.8 Å². The number of carbonyl (C=O) groups excluding carboxylic acids is 2. The van der Waals surface area contributed by atoms with E-state index in [1.165, 1.54) is 11.2 Å². The lowest BCUT2D eigenvalue weighted by atomic mass is 10.1. The van der Waals surface area contributed by atoms with Crippen molar-refractivity contribution in [2.24, 2.45) is 10.8 Å². The highest BCUT2D eigenvalue weighted by atomic mass is 19.4. The fourth-order valence-corrected chi connectivity index (χ4v) is 2.41. The molecule has 2 amide bonds. The van der Waals surface area contributed by atoms with Crippen LogP contribution in [0.1, 0.15) is 23.2 Å². The van der Waals surface area contributed by atoms with Gasteiger partial charge in [-0.15, -0.1) is 0 Å². The highest BCUT2D eigenvalue weighted by Gasteiger charge is 2.38. The molecule has 1 aromatic carbocycles. The van der Waals surface area contributed by atoms with Gasteiger partial charge in [-0.05, 0) is 24.6 Å². The molecule has 0 aliphatic carbocycles. The average Bonchev–Trinajstić information content (AvgIpc) is 3.04. The monoisotopic (exact) mass is 447 g/mol. The summed E-state index contributed by atoms with van der Waals surface area (Å²) in [5, 5.41) is 18.5. The van der Waals surface area contributed by atoms with Crippen molar-refractivity contribution < 1.29 is 42.6 Å². The van der Waals surface area contributed by atoms with E-state index in [1.807, 2.05) is 0 Å². The smallest absolute Gasteiger partial charge is 0.481 e. The molecular formula is C17H20F3N5O6. The summed E-state index contributed by atoms with van der Waals surface area (Å²) in [6.45, 7) is 0.584. The minimum absolute atomic E-state index is 0.109. The van der Waals surface area contributed by atoms with Gasteiger partial charge in [-0.3, -0.25) is 14.4 Å². The van der Waals surface area contributed by atoms with Crippen LogP contribution in [0.25, 0.3) is 0 Å². The Morgan fingerprint density at radius 2 is 1.94 bits per heavy atom. The fraction of sp³-hybridized carbons (Fsp3) is 0.353. The van der Waals surface area contributed by atoms with Crippen LogP contribution in [0.2, 0.25) is 0 Å². The number of benzene rings is 1. The molecule has 1 aliphatic heterocycles. The highest BCUT2D eigenvalue weighted by molar-refractivity contribution is 5.98. The molecule has 0 radical (unpaired) electrons. The second kappa shape index (κ2) is 11.5. The second-order valence-electron chi connectivity index (χ2n) is 6.06. The van der Waals surface area contributed by atoms with Crippen molar-refractivity contribution in [1.29, 1.82) is 0 Å². The molecule has 2 rings (SSSR count). The molecule has 0 bridgehead atoms. The Kier molecular flexibility index (Phi) is 9.40. The van der Waals surface area contributed by atoms with E-state index in [-0.39, 0.29) is 24.8 Å². The quantitative estimate of drug-likeness (QED) is 0.171. The Balaban J connectivity index is 0.000000592. The molecule has 1 aliphatic rings. The van der Waals surface area contributed by atoms with E-state index >= 15 is 0 Å². The van der Waals surface area contributed by atoms with Gasteiger partial charge in [0, 0.05) is 18.7 Å². The van der Waals surface area contributed by atoms with Gasteiger partial charge in [0.15, 0.2) is 0 Å². The van der Waals surface area contributed by atoms with E-state index in [9.17, 15) is 27.6 Å².